The van der Waals surface area contributed by atoms with E-state index in [2.05, 4.69) is 15.3 Å². The second-order valence-electron chi connectivity index (χ2n) is 5.55. The van der Waals surface area contributed by atoms with E-state index < -0.39 is 11.7 Å². The van der Waals surface area contributed by atoms with Crippen molar-refractivity contribution < 1.29 is 9.18 Å². The largest absolute Gasteiger partial charge is 0.360 e. The number of nitrogens with one attached hydrogen (secondary N) is 2. The lowest BCUT2D eigenvalue weighted by atomic mass is 10.1. The lowest BCUT2D eigenvalue weighted by Crippen LogP contribution is -2.22. The van der Waals surface area contributed by atoms with Crippen LogP contribution in [0.3, 0.4) is 0 Å². The molecular formula is C19H12FN3O2. The number of carbonyl (C=O) groups is 1. The van der Waals surface area contributed by atoms with Gasteiger partial charge in [-0.3, -0.25) is 14.6 Å². The maximum absolute atomic E-state index is 13.5. The van der Waals surface area contributed by atoms with E-state index in [-0.39, 0.29) is 11.0 Å². The first-order chi connectivity index (χ1) is 12.1. The number of rotatable bonds is 2. The van der Waals surface area contributed by atoms with Crippen molar-refractivity contribution in [3.63, 3.8) is 0 Å². The van der Waals surface area contributed by atoms with Gasteiger partial charge in [0.1, 0.15) is 11.4 Å². The number of halogens is 1. The van der Waals surface area contributed by atoms with Crippen LogP contribution < -0.4 is 10.7 Å². The van der Waals surface area contributed by atoms with Crippen LogP contribution in [0, 0.1) is 5.82 Å². The van der Waals surface area contributed by atoms with E-state index in [1.165, 1.54) is 30.6 Å². The number of carbonyl (C=O) groups excluding carboxylic acids is 1. The van der Waals surface area contributed by atoms with Gasteiger partial charge in [-0.25, -0.2) is 4.39 Å². The number of para-hydroxylation sites is 1. The van der Waals surface area contributed by atoms with Crippen LogP contribution in [-0.2, 0) is 0 Å². The summed E-state index contributed by atoms with van der Waals surface area (Å²) in [7, 11) is 0. The van der Waals surface area contributed by atoms with Crippen LogP contribution in [0.5, 0.6) is 0 Å². The summed E-state index contributed by atoms with van der Waals surface area (Å²) in [4.78, 5) is 32.2. The average Bonchev–Trinajstić information content (AvgIpc) is 2.62. The predicted octanol–water partition coefficient (Wildman–Crippen LogP) is 3.47. The first-order valence-electron chi connectivity index (χ1n) is 7.59. The number of hydrogen-bond donors (Lipinski definition) is 2. The zero-order chi connectivity index (χ0) is 17.4. The highest BCUT2D eigenvalue weighted by atomic mass is 19.1. The summed E-state index contributed by atoms with van der Waals surface area (Å²) >= 11 is 0. The standard InChI is InChI=1S/C19H12FN3O2/c20-11-5-6-16-13(9-11)17(7-8-21-16)23-19(25)14-10-22-15-4-2-1-3-12(15)18(14)24/h1-10H,(H,22,24)(H,21,23,25). The second kappa shape index (κ2) is 5.83. The molecule has 0 fully saturated rings. The van der Waals surface area contributed by atoms with Gasteiger partial charge in [-0.2, -0.15) is 0 Å². The number of pyridine rings is 2. The molecule has 2 heterocycles. The molecule has 1 amide bonds. The number of anilines is 1. The Morgan fingerprint density at radius 1 is 1.08 bits per heavy atom. The molecule has 2 N–H and O–H groups in total. The summed E-state index contributed by atoms with van der Waals surface area (Å²) in [5, 5.41) is 3.57. The molecule has 0 aliphatic heterocycles. The molecule has 0 saturated heterocycles. The van der Waals surface area contributed by atoms with Crippen molar-refractivity contribution in [2.45, 2.75) is 0 Å². The van der Waals surface area contributed by atoms with Crippen LogP contribution in [-0.4, -0.2) is 15.9 Å². The number of H-pyrrole nitrogens is 1. The third-order valence-electron chi connectivity index (χ3n) is 3.98. The summed E-state index contributed by atoms with van der Waals surface area (Å²) in [6.07, 6.45) is 2.89. The molecule has 0 unspecified atom stereocenters. The molecular weight excluding hydrogens is 321 g/mol. The van der Waals surface area contributed by atoms with E-state index in [1.807, 2.05) is 0 Å². The number of amides is 1. The molecule has 25 heavy (non-hydrogen) atoms. The number of hydrogen-bond acceptors (Lipinski definition) is 3. The lowest BCUT2D eigenvalue weighted by molar-refractivity contribution is 0.102. The number of fused-ring (bicyclic) bond motifs is 2. The monoisotopic (exact) mass is 333 g/mol. The third-order valence-corrected chi connectivity index (χ3v) is 3.98. The molecule has 0 aliphatic rings. The number of aromatic amines is 1. The normalized spacial score (nSPS) is 10.9. The van der Waals surface area contributed by atoms with Crippen molar-refractivity contribution >= 4 is 33.4 Å². The fraction of sp³-hybridized carbons (Fsp3) is 0. The van der Waals surface area contributed by atoms with Crippen molar-refractivity contribution in [2.75, 3.05) is 5.32 Å². The Morgan fingerprint density at radius 2 is 1.92 bits per heavy atom. The van der Waals surface area contributed by atoms with Gasteiger partial charge in [0.15, 0.2) is 0 Å². The first-order valence-corrected chi connectivity index (χ1v) is 7.59. The van der Waals surface area contributed by atoms with Gasteiger partial charge < -0.3 is 10.3 Å². The van der Waals surface area contributed by atoms with Crippen LogP contribution >= 0.6 is 0 Å². The molecule has 0 bridgehead atoms. The Bertz CT molecular complexity index is 1180. The molecule has 0 aliphatic carbocycles. The number of nitrogens with zero attached hydrogens (tertiary/aromatic N) is 1. The Hall–Kier alpha value is -3.54. The highest BCUT2D eigenvalue weighted by Crippen LogP contribution is 2.22. The van der Waals surface area contributed by atoms with Crippen molar-refractivity contribution in [3.05, 3.63) is 82.5 Å². The minimum atomic E-state index is -0.566. The summed E-state index contributed by atoms with van der Waals surface area (Å²) < 4.78 is 13.5. The highest BCUT2D eigenvalue weighted by Gasteiger charge is 2.14. The van der Waals surface area contributed by atoms with Crippen molar-refractivity contribution in [1.29, 1.82) is 0 Å². The molecule has 4 rings (SSSR count). The summed E-state index contributed by atoms with van der Waals surface area (Å²) in [5.41, 5.74) is 1.21. The van der Waals surface area contributed by atoms with E-state index in [4.69, 9.17) is 0 Å². The molecule has 122 valence electrons. The topological polar surface area (TPSA) is 74.8 Å². The van der Waals surface area contributed by atoms with Gasteiger partial charge in [0.25, 0.3) is 5.91 Å². The SMILES string of the molecule is O=C(Nc1ccnc2ccc(F)cc12)c1c[nH]c2ccccc2c1=O. The summed E-state index contributed by atoms with van der Waals surface area (Å²) in [6.45, 7) is 0. The maximum Gasteiger partial charge on any atom is 0.261 e. The van der Waals surface area contributed by atoms with Gasteiger partial charge in [-0.1, -0.05) is 12.1 Å². The van der Waals surface area contributed by atoms with Crippen LogP contribution in [0.4, 0.5) is 10.1 Å². The van der Waals surface area contributed by atoms with Crippen molar-refractivity contribution in [3.8, 4) is 0 Å². The fourth-order valence-electron chi connectivity index (χ4n) is 2.75. The smallest absolute Gasteiger partial charge is 0.261 e. The minimum Gasteiger partial charge on any atom is -0.360 e. The van der Waals surface area contributed by atoms with Crippen LogP contribution in [0.1, 0.15) is 10.4 Å². The first kappa shape index (κ1) is 15.0. The van der Waals surface area contributed by atoms with Gasteiger partial charge in [0.2, 0.25) is 5.43 Å². The molecule has 2 aromatic carbocycles. The third kappa shape index (κ3) is 2.63. The van der Waals surface area contributed by atoms with E-state index in [9.17, 15) is 14.0 Å². The average molecular weight is 333 g/mol. The van der Waals surface area contributed by atoms with Crippen molar-refractivity contribution in [1.82, 2.24) is 9.97 Å². The number of aromatic nitrogens is 2. The maximum atomic E-state index is 13.5. The van der Waals surface area contributed by atoms with Crippen molar-refractivity contribution in [2.24, 2.45) is 0 Å². The zero-order valence-corrected chi connectivity index (χ0v) is 12.9. The van der Waals surface area contributed by atoms with Gasteiger partial charge >= 0.3 is 0 Å². The van der Waals surface area contributed by atoms with E-state index in [0.29, 0.717) is 27.5 Å². The second-order valence-corrected chi connectivity index (χ2v) is 5.55. The van der Waals surface area contributed by atoms with Crippen LogP contribution in [0.25, 0.3) is 21.8 Å². The Morgan fingerprint density at radius 3 is 2.80 bits per heavy atom. The predicted molar refractivity (Wildman–Crippen MR) is 94.2 cm³/mol. The van der Waals surface area contributed by atoms with Crippen LogP contribution in [0.2, 0.25) is 0 Å². The highest BCUT2D eigenvalue weighted by molar-refractivity contribution is 6.09. The van der Waals surface area contributed by atoms with Gasteiger partial charge in [-0.15, -0.1) is 0 Å². The van der Waals surface area contributed by atoms with E-state index >= 15 is 0 Å². The Kier molecular flexibility index (Phi) is 3.50. The molecule has 0 saturated carbocycles. The molecule has 4 aromatic rings. The number of benzene rings is 2. The molecule has 5 nitrogen and oxygen atoms in total. The van der Waals surface area contributed by atoms with E-state index in [1.54, 1.807) is 30.3 Å². The lowest BCUT2D eigenvalue weighted by Gasteiger charge is -2.09. The van der Waals surface area contributed by atoms with Gasteiger partial charge in [0, 0.05) is 28.7 Å². The van der Waals surface area contributed by atoms with Gasteiger partial charge in [0.05, 0.1) is 11.2 Å². The fourth-order valence-corrected chi connectivity index (χ4v) is 2.75. The minimum absolute atomic E-state index is 0.0138. The summed E-state index contributed by atoms with van der Waals surface area (Å²) in [5.74, 6) is -0.997. The molecule has 0 spiro atoms. The molecule has 6 heteroatoms. The van der Waals surface area contributed by atoms with Gasteiger partial charge in [-0.05, 0) is 36.4 Å². The quantitative estimate of drug-likeness (QED) is 0.590. The molecule has 0 atom stereocenters. The summed E-state index contributed by atoms with van der Waals surface area (Å²) in [6, 6.07) is 12.6. The molecule has 2 aromatic heterocycles. The molecule has 0 radical (unpaired) electrons. The Balaban J connectivity index is 1.77. The van der Waals surface area contributed by atoms with Crippen LogP contribution in [0.15, 0.2) is 65.7 Å². The van der Waals surface area contributed by atoms with E-state index in [0.717, 1.165) is 0 Å². The zero-order valence-electron chi connectivity index (χ0n) is 12.9. The Labute approximate surface area is 141 Å².